The Morgan fingerprint density at radius 2 is 1.64 bits per heavy atom. The first-order valence-corrected chi connectivity index (χ1v) is 5.58. The highest BCUT2D eigenvalue weighted by Crippen LogP contribution is 2.50. The molecule has 2 heteroatoms. The quantitative estimate of drug-likeness (QED) is 0.603. The predicted molar refractivity (Wildman–Crippen MR) is 48.8 cm³/mol. The molecule has 1 N–H and O–H groups in total. The van der Waals surface area contributed by atoms with Gasteiger partial charge in [0, 0.05) is 0 Å². The molecule has 0 radical (unpaired) electrons. The molecule has 11 heavy (non-hydrogen) atoms. The van der Waals surface area contributed by atoms with Crippen molar-refractivity contribution in [2.75, 3.05) is 11.5 Å². The van der Waals surface area contributed by atoms with E-state index in [1.807, 2.05) is 6.92 Å². The van der Waals surface area contributed by atoms with Crippen molar-refractivity contribution in [2.24, 2.45) is 5.41 Å². The highest BCUT2D eigenvalue weighted by molar-refractivity contribution is 8.00. The molecular weight excluding hydrogens is 156 g/mol. The van der Waals surface area contributed by atoms with Crippen LogP contribution in [0.1, 0.15) is 32.6 Å². The van der Waals surface area contributed by atoms with Gasteiger partial charge >= 0.3 is 0 Å². The van der Waals surface area contributed by atoms with E-state index in [1.54, 1.807) is 0 Å². The summed E-state index contributed by atoms with van der Waals surface area (Å²) < 4.78 is 0. The molecule has 0 unspecified atom stereocenters. The molecule has 1 spiro atoms. The Labute approximate surface area is 72.6 Å². The second kappa shape index (κ2) is 2.40. The number of hydrogen-bond donors (Lipinski definition) is 1. The summed E-state index contributed by atoms with van der Waals surface area (Å²) in [6.45, 7) is 1.98. The summed E-state index contributed by atoms with van der Waals surface area (Å²) in [5.41, 5.74) is 0.318. The summed E-state index contributed by atoms with van der Waals surface area (Å²) in [5.74, 6) is 2.70. The number of hydrogen-bond acceptors (Lipinski definition) is 2. The summed E-state index contributed by atoms with van der Waals surface area (Å²) in [6.07, 6.45) is 4.56. The van der Waals surface area contributed by atoms with Crippen LogP contribution in [-0.2, 0) is 0 Å². The zero-order valence-electron chi connectivity index (χ0n) is 7.10. The van der Waals surface area contributed by atoms with Gasteiger partial charge in [-0.15, -0.1) is 0 Å². The Hall–Kier alpha value is 0.310. The van der Waals surface area contributed by atoms with Crippen molar-refractivity contribution in [3.63, 3.8) is 0 Å². The topological polar surface area (TPSA) is 20.2 Å². The predicted octanol–water partition coefficient (Wildman–Crippen LogP) is 2.04. The monoisotopic (exact) mass is 172 g/mol. The van der Waals surface area contributed by atoms with E-state index in [0.717, 1.165) is 12.8 Å². The van der Waals surface area contributed by atoms with E-state index in [9.17, 15) is 5.11 Å². The van der Waals surface area contributed by atoms with Crippen molar-refractivity contribution in [1.29, 1.82) is 0 Å². The summed E-state index contributed by atoms with van der Waals surface area (Å²) in [4.78, 5) is 0. The van der Waals surface area contributed by atoms with Gasteiger partial charge in [-0.2, -0.15) is 11.8 Å². The maximum absolute atomic E-state index is 9.72. The lowest BCUT2D eigenvalue weighted by Gasteiger charge is -2.48. The Morgan fingerprint density at radius 3 is 2.00 bits per heavy atom. The molecule has 1 saturated heterocycles. The number of aliphatic hydroxyl groups is 1. The summed E-state index contributed by atoms with van der Waals surface area (Å²) >= 11 is 2.06. The van der Waals surface area contributed by atoms with Crippen molar-refractivity contribution in [1.82, 2.24) is 0 Å². The Kier molecular flexibility index (Phi) is 1.73. The normalized spacial score (nSPS) is 33.3. The van der Waals surface area contributed by atoms with Gasteiger partial charge in [0.15, 0.2) is 0 Å². The molecule has 0 aromatic heterocycles. The molecule has 0 aromatic carbocycles. The molecule has 1 aliphatic heterocycles. The molecule has 0 bridgehead atoms. The molecule has 1 heterocycles. The van der Waals surface area contributed by atoms with Crippen LogP contribution in [0.2, 0.25) is 0 Å². The zero-order chi connectivity index (χ0) is 7.95. The lowest BCUT2D eigenvalue weighted by atomic mass is 9.71. The second-order valence-electron chi connectivity index (χ2n) is 4.49. The van der Waals surface area contributed by atoms with Crippen LogP contribution in [0.3, 0.4) is 0 Å². The Balaban J connectivity index is 1.94. The fourth-order valence-corrected chi connectivity index (χ4v) is 3.36. The van der Waals surface area contributed by atoms with Gasteiger partial charge in [0.2, 0.25) is 0 Å². The van der Waals surface area contributed by atoms with Crippen molar-refractivity contribution in [2.45, 2.75) is 38.2 Å². The van der Waals surface area contributed by atoms with E-state index in [2.05, 4.69) is 11.8 Å². The second-order valence-corrected chi connectivity index (χ2v) is 5.48. The van der Waals surface area contributed by atoms with Gasteiger partial charge in [-0.3, -0.25) is 0 Å². The van der Waals surface area contributed by atoms with Crippen LogP contribution in [0.4, 0.5) is 0 Å². The van der Waals surface area contributed by atoms with Crippen molar-refractivity contribution >= 4 is 11.8 Å². The molecule has 1 saturated carbocycles. The first-order chi connectivity index (χ1) is 5.12. The smallest absolute Gasteiger partial charge is 0.0620 e. The van der Waals surface area contributed by atoms with E-state index in [0.29, 0.717) is 5.41 Å². The SMILES string of the molecule is CC1(O)CCC2(CC1)CSC2. The lowest BCUT2D eigenvalue weighted by Crippen LogP contribution is -2.44. The van der Waals surface area contributed by atoms with Gasteiger partial charge in [-0.25, -0.2) is 0 Å². The Morgan fingerprint density at radius 1 is 1.09 bits per heavy atom. The van der Waals surface area contributed by atoms with Gasteiger partial charge in [0.1, 0.15) is 0 Å². The van der Waals surface area contributed by atoms with Crippen LogP contribution in [0, 0.1) is 5.41 Å². The summed E-state index contributed by atoms with van der Waals surface area (Å²) in [7, 11) is 0. The van der Waals surface area contributed by atoms with E-state index < -0.39 is 0 Å². The van der Waals surface area contributed by atoms with E-state index >= 15 is 0 Å². The maximum atomic E-state index is 9.72. The van der Waals surface area contributed by atoms with Crippen LogP contribution in [-0.4, -0.2) is 22.2 Å². The highest BCUT2D eigenvalue weighted by atomic mass is 32.2. The van der Waals surface area contributed by atoms with Crippen LogP contribution >= 0.6 is 11.8 Å². The van der Waals surface area contributed by atoms with Gasteiger partial charge in [-0.1, -0.05) is 0 Å². The van der Waals surface area contributed by atoms with E-state index in [1.165, 1.54) is 24.3 Å². The molecule has 64 valence electrons. The molecule has 1 nitrogen and oxygen atoms in total. The van der Waals surface area contributed by atoms with Crippen LogP contribution in [0.5, 0.6) is 0 Å². The van der Waals surface area contributed by atoms with Crippen LogP contribution in [0.25, 0.3) is 0 Å². The molecule has 0 aromatic rings. The molecule has 2 rings (SSSR count). The minimum atomic E-state index is -0.342. The van der Waals surface area contributed by atoms with E-state index in [4.69, 9.17) is 0 Å². The number of rotatable bonds is 0. The number of thioether (sulfide) groups is 1. The third-order valence-corrected chi connectivity index (χ3v) is 4.84. The highest BCUT2D eigenvalue weighted by Gasteiger charge is 2.43. The summed E-state index contributed by atoms with van der Waals surface area (Å²) in [5, 5.41) is 9.72. The lowest BCUT2D eigenvalue weighted by molar-refractivity contribution is -0.00998. The van der Waals surface area contributed by atoms with Gasteiger partial charge in [0.05, 0.1) is 5.60 Å². The molecular formula is C9H16OS. The third-order valence-electron chi connectivity index (χ3n) is 3.20. The maximum Gasteiger partial charge on any atom is 0.0620 e. The third kappa shape index (κ3) is 1.43. The summed E-state index contributed by atoms with van der Waals surface area (Å²) in [6, 6.07) is 0. The minimum Gasteiger partial charge on any atom is -0.390 e. The minimum absolute atomic E-state index is 0.342. The first-order valence-electron chi connectivity index (χ1n) is 4.42. The fraction of sp³-hybridized carbons (Fsp3) is 1.00. The van der Waals surface area contributed by atoms with Gasteiger partial charge in [0.25, 0.3) is 0 Å². The van der Waals surface area contributed by atoms with Crippen LogP contribution < -0.4 is 0 Å². The zero-order valence-corrected chi connectivity index (χ0v) is 7.91. The van der Waals surface area contributed by atoms with Gasteiger partial charge in [-0.05, 0) is 49.5 Å². The standard InChI is InChI=1S/C9H16OS/c1-8(10)2-4-9(5-3-8)6-11-7-9/h10H,2-7H2,1H3. The molecule has 2 fully saturated rings. The molecule has 0 atom stereocenters. The average Bonchev–Trinajstić information content (AvgIpc) is 1.84. The van der Waals surface area contributed by atoms with Crippen LogP contribution in [0.15, 0.2) is 0 Å². The molecule has 2 aliphatic rings. The van der Waals surface area contributed by atoms with Crippen molar-refractivity contribution in [3.05, 3.63) is 0 Å². The average molecular weight is 172 g/mol. The largest absolute Gasteiger partial charge is 0.390 e. The Bertz CT molecular complexity index is 149. The molecule has 1 aliphatic carbocycles. The van der Waals surface area contributed by atoms with Crippen molar-refractivity contribution < 1.29 is 5.11 Å². The molecule has 0 amide bonds. The van der Waals surface area contributed by atoms with Gasteiger partial charge < -0.3 is 5.11 Å². The first kappa shape index (κ1) is 7.93. The fourth-order valence-electron chi connectivity index (χ4n) is 2.00. The van der Waals surface area contributed by atoms with Crippen molar-refractivity contribution in [3.8, 4) is 0 Å². The van der Waals surface area contributed by atoms with E-state index in [-0.39, 0.29) is 5.60 Å².